The number of rotatable bonds is 1. The van der Waals surface area contributed by atoms with Crippen LogP contribution in [0.3, 0.4) is 0 Å². The molecule has 2 rings (SSSR count). The van der Waals surface area contributed by atoms with Crippen molar-refractivity contribution in [2.75, 3.05) is 6.61 Å². The molecule has 0 amide bonds. The molecule has 1 nitrogen and oxygen atoms in total. The van der Waals surface area contributed by atoms with Gasteiger partial charge < -0.3 is 4.74 Å². The predicted octanol–water partition coefficient (Wildman–Crippen LogP) is 3.75. The third kappa shape index (κ3) is 1.98. The maximum absolute atomic E-state index is 5.63. The van der Waals surface area contributed by atoms with E-state index in [0.717, 1.165) is 12.4 Å². The zero-order valence-corrected chi connectivity index (χ0v) is 8.08. The largest absolute Gasteiger partial charge is 0.489 e. The molecule has 0 bridgehead atoms. The number of ether oxygens (including phenoxy) is 1. The van der Waals surface area contributed by atoms with E-state index in [1.54, 1.807) is 0 Å². The van der Waals surface area contributed by atoms with Crippen LogP contribution < -0.4 is 4.74 Å². The molecule has 0 radical (unpaired) electrons. The Hall–Kier alpha value is -1.24. The molecular formula is C13H18O. The Balaban J connectivity index is 0.000000980. The lowest BCUT2D eigenvalue weighted by molar-refractivity contribution is 0.334. The van der Waals surface area contributed by atoms with Crippen molar-refractivity contribution in [1.82, 2.24) is 0 Å². The van der Waals surface area contributed by atoms with Crippen molar-refractivity contribution in [1.29, 1.82) is 0 Å². The lowest BCUT2D eigenvalue weighted by Crippen LogP contribution is -2.10. The average Bonchev–Trinajstić information content (AvgIpc) is 2.17. The van der Waals surface area contributed by atoms with Gasteiger partial charge in [0.2, 0.25) is 0 Å². The predicted molar refractivity (Wildman–Crippen MR) is 61.5 cm³/mol. The maximum atomic E-state index is 5.63. The molecule has 76 valence electrons. The second kappa shape index (κ2) is 4.32. The minimum absolute atomic E-state index is 0. The summed E-state index contributed by atoms with van der Waals surface area (Å²) in [6.07, 6.45) is 2.24. The fraction of sp³-hybridized carbons (Fsp3) is 0.385. The van der Waals surface area contributed by atoms with Crippen molar-refractivity contribution in [2.24, 2.45) is 5.92 Å². The van der Waals surface area contributed by atoms with Gasteiger partial charge in [-0.25, -0.2) is 0 Å². The quantitative estimate of drug-likeness (QED) is 0.655. The minimum Gasteiger partial charge on any atom is -0.489 e. The second-order valence-corrected chi connectivity index (χ2v) is 3.70. The number of benzene rings is 1. The summed E-state index contributed by atoms with van der Waals surface area (Å²) in [7, 11) is 0. The zero-order chi connectivity index (χ0) is 9.26. The van der Waals surface area contributed by atoms with E-state index in [2.05, 4.69) is 26.0 Å². The van der Waals surface area contributed by atoms with Gasteiger partial charge in [-0.05, 0) is 23.6 Å². The van der Waals surface area contributed by atoms with E-state index in [1.807, 2.05) is 18.2 Å². The van der Waals surface area contributed by atoms with E-state index in [4.69, 9.17) is 4.74 Å². The highest BCUT2D eigenvalue weighted by molar-refractivity contribution is 5.62. The fourth-order valence-electron chi connectivity index (χ4n) is 1.47. The number of para-hydroxylation sites is 1. The molecule has 0 fully saturated rings. The van der Waals surface area contributed by atoms with Crippen LogP contribution in [0.4, 0.5) is 0 Å². The lowest BCUT2D eigenvalue weighted by atomic mass is 9.99. The van der Waals surface area contributed by atoms with Gasteiger partial charge in [-0.15, -0.1) is 0 Å². The molecule has 1 heterocycles. The van der Waals surface area contributed by atoms with Crippen LogP contribution in [0, 0.1) is 5.92 Å². The van der Waals surface area contributed by atoms with E-state index in [9.17, 15) is 0 Å². The van der Waals surface area contributed by atoms with E-state index < -0.39 is 0 Å². The molecule has 0 aliphatic carbocycles. The van der Waals surface area contributed by atoms with Gasteiger partial charge in [0.05, 0.1) is 0 Å². The summed E-state index contributed by atoms with van der Waals surface area (Å²) in [6.45, 7) is 5.14. The first-order valence-corrected chi connectivity index (χ1v) is 4.69. The molecule has 0 saturated heterocycles. The Morgan fingerprint density at radius 1 is 1.21 bits per heavy atom. The molecule has 1 aromatic carbocycles. The fourth-order valence-corrected chi connectivity index (χ4v) is 1.47. The first-order chi connectivity index (χ1) is 6.27. The molecule has 1 aliphatic heterocycles. The van der Waals surface area contributed by atoms with Crippen molar-refractivity contribution in [3.8, 4) is 5.75 Å². The van der Waals surface area contributed by atoms with Crippen molar-refractivity contribution < 1.29 is 4.74 Å². The van der Waals surface area contributed by atoms with Crippen LogP contribution >= 0.6 is 0 Å². The monoisotopic (exact) mass is 190 g/mol. The van der Waals surface area contributed by atoms with Gasteiger partial charge in [-0.3, -0.25) is 0 Å². The number of hydrogen-bond acceptors (Lipinski definition) is 1. The molecule has 0 N–H and O–H groups in total. The van der Waals surface area contributed by atoms with E-state index in [0.29, 0.717) is 5.92 Å². The minimum atomic E-state index is 0. The summed E-state index contributed by atoms with van der Waals surface area (Å²) in [4.78, 5) is 0. The van der Waals surface area contributed by atoms with Crippen LogP contribution in [0.1, 0.15) is 26.8 Å². The number of hydrogen-bond donors (Lipinski definition) is 0. The standard InChI is InChI=1S/C12H14O.CH4/c1-9(2)11-7-10-5-3-4-6-12(10)13-8-11;/h3-7,9H,8H2,1-2H3;1H4. The van der Waals surface area contributed by atoms with Gasteiger partial charge in [-0.2, -0.15) is 0 Å². The Bertz CT molecular complexity index is 337. The average molecular weight is 190 g/mol. The molecule has 0 atom stereocenters. The molecule has 0 spiro atoms. The van der Waals surface area contributed by atoms with Crippen molar-refractivity contribution in [3.05, 3.63) is 35.4 Å². The Morgan fingerprint density at radius 3 is 2.64 bits per heavy atom. The second-order valence-electron chi connectivity index (χ2n) is 3.70. The van der Waals surface area contributed by atoms with Crippen LogP contribution in [0.25, 0.3) is 6.08 Å². The Kier molecular flexibility index (Phi) is 3.34. The van der Waals surface area contributed by atoms with Gasteiger partial charge in [0.1, 0.15) is 12.4 Å². The number of fused-ring (bicyclic) bond motifs is 1. The molecule has 0 saturated carbocycles. The first kappa shape index (κ1) is 10.8. The van der Waals surface area contributed by atoms with Gasteiger partial charge in [-0.1, -0.05) is 39.5 Å². The third-order valence-electron chi connectivity index (χ3n) is 2.40. The van der Waals surface area contributed by atoms with Crippen molar-refractivity contribution in [2.45, 2.75) is 21.3 Å². The topological polar surface area (TPSA) is 9.23 Å². The third-order valence-corrected chi connectivity index (χ3v) is 2.40. The van der Waals surface area contributed by atoms with Crippen LogP contribution in [0.15, 0.2) is 29.8 Å². The van der Waals surface area contributed by atoms with Gasteiger partial charge in [0, 0.05) is 5.56 Å². The maximum Gasteiger partial charge on any atom is 0.127 e. The molecule has 1 aromatic rings. The van der Waals surface area contributed by atoms with Crippen LogP contribution in [-0.4, -0.2) is 6.61 Å². The van der Waals surface area contributed by atoms with E-state index in [1.165, 1.54) is 11.1 Å². The van der Waals surface area contributed by atoms with Crippen LogP contribution in [0.5, 0.6) is 5.75 Å². The normalized spacial score (nSPS) is 13.8. The Morgan fingerprint density at radius 2 is 1.93 bits per heavy atom. The highest BCUT2D eigenvalue weighted by Crippen LogP contribution is 2.28. The zero-order valence-electron chi connectivity index (χ0n) is 8.08. The van der Waals surface area contributed by atoms with Gasteiger partial charge in [0.15, 0.2) is 0 Å². The molecule has 14 heavy (non-hydrogen) atoms. The Labute approximate surface area is 86.4 Å². The summed E-state index contributed by atoms with van der Waals surface area (Å²) in [5, 5.41) is 0. The molecule has 0 aromatic heterocycles. The highest BCUT2D eigenvalue weighted by atomic mass is 16.5. The first-order valence-electron chi connectivity index (χ1n) is 4.69. The van der Waals surface area contributed by atoms with Gasteiger partial charge >= 0.3 is 0 Å². The van der Waals surface area contributed by atoms with Crippen LogP contribution in [-0.2, 0) is 0 Å². The van der Waals surface area contributed by atoms with E-state index >= 15 is 0 Å². The molecule has 0 unspecified atom stereocenters. The summed E-state index contributed by atoms with van der Waals surface area (Å²) >= 11 is 0. The summed E-state index contributed by atoms with van der Waals surface area (Å²) in [5.41, 5.74) is 2.58. The van der Waals surface area contributed by atoms with Gasteiger partial charge in [0.25, 0.3) is 0 Å². The van der Waals surface area contributed by atoms with Crippen molar-refractivity contribution in [3.63, 3.8) is 0 Å². The van der Waals surface area contributed by atoms with Crippen molar-refractivity contribution >= 4 is 6.08 Å². The molecular weight excluding hydrogens is 172 g/mol. The summed E-state index contributed by atoms with van der Waals surface area (Å²) in [5.74, 6) is 1.58. The highest BCUT2D eigenvalue weighted by Gasteiger charge is 2.12. The molecule has 1 aliphatic rings. The van der Waals surface area contributed by atoms with Crippen LogP contribution in [0.2, 0.25) is 0 Å². The molecule has 1 heteroatoms. The summed E-state index contributed by atoms with van der Waals surface area (Å²) in [6, 6.07) is 8.16. The summed E-state index contributed by atoms with van der Waals surface area (Å²) < 4.78 is 5.63. The SMILES string of the molecule is C.CC(C)C1=Cc2ccccc2OC1. The smallest absolute Gasteiger partial charge is 0.127 e. The lowest BCUT2D eigenvalue weighted by Gasteiger charge is -2.19. The van der Waals surface area contributed by atoms with E-state index in [-0.39, 0.29) is 7.43 Å².